The normalized spacial score (nSPS) is 11.1. The van der Waals surface area contributed by atoms with E-state index in [1.165, 1.54) is 0 Å². The highest BCUT2D eigenvalue weighted by Gasteiger charge is 2.03. The van der Waals surface area contributed by atoms with Crippen LogP contribution >= 0.6 is 0 Å². The molecule has 0 unspecified atom stereocenters. The summed E-state index contributed by atoms with van der Waals surface area (Å²) in [4.78, 5) is 0. The van der Waals surface area contributed by atoms with E-state index in [2.05, 4.69) is 36.2 Å². The number of benzene rings is 2. The Kier molecular flexibility index (Phi) is 4.96. The lowest BCUT2D eigenvalue weighted by Crippen LogP contribution is -1.94. The first-order valence-corrected chi connectivity index (χ1v) is 6.71. The Morgan fingerprint density at radius 1 is 0.950 bits per heavy atom. The number of rotatable bonds is 5. The van der Waals surface area contributed by atoms with Crippen molar-refractivity contribution in [3.8, 4) is 0 Å². The summed E-state index contributed by atoms with van der Waals surface area (Å²) >= 11 is 0. The molecule has 1 nitrogen and oxygen atoms in total. The number of para-hydroxylation sites is 2. The van der Waals surface area contributed by atoms with Gasteiger partial charge in [-0.2, -0.15) is 0 Å². The summed E-state index contributed by atoms with van der Waals surface area (Å²) < 4.78 is 0. The van der Waals surface area contributed by atoms with Gasteiger partial charge in [0.05, 0.1) is 0 Å². The Morgan fingerprint density at radius 3 is 2.40 bits per heavy atom. The van der Waals surface area contributed by atoms with E-state index >= 15 is 0 Å². The molecule has 0 aliphatic rings. The highest BCUT2D eigenvalue weighted by Crippen LogP contribution is 2.26. The van der Waals surface area contributed by atoms with Crippen LogP contribution in [0.4, 0.5) is 11.4 Å². The maximum Gasteiger partial charge on any atom is 0.0463 e. The van der Waals surface area contributed by atoms with Gasteiger partial charge in [-0.1, -0.05) is 67.3 Å². The lowest BCUT2D eigenvalue weighted by atomic mass is 10.0. The van der Waals surface area contributed by atoms with Crippen molar-refractivity contribution in [2.45, 2.75) is 6.92 Å². The molecule has 2 aromatic rings. The third-order valence-corrected chi connectivity index (χ3v) is 2.93. The van der Waals surface area contributed by atoms with Crippen molar-refractivity contribution in [1.29, 1.82) is 0 Å². The first kappa shape index (κ1) is 13.9. The Morgan fingerprint density at radius 2 is 1.65 bits per heavy atom. The second kappa shape index (κ2) is 7.15. The number of hydrogen-bond donors (Lipinski definition) is 1. The molecule has 0 amide bonds. The lowest BCUT2D eigenvalue weighted by molar-refractivity contribution is 1.52. The van der Waals surface area contributed by atoms with E-state index in [0.29, 0.717) is 0 Å². The second-order valence-electron chi connectivity index (χ2n) is 4.45. The molecule has 100 valence electrons. The summed E-state index contributed by atoms with van der Waals surface area (Å²) in [6.07, 6.45) is 8.02. The van der Waals surface area contributed by atoms with Gasteiger partial charge in [0.25, 0.3) is 0 Å². The average Bonchev–Trinajstić information content (AvgIpc) is 2.49. The Labute approximate surface area is 121 Å². The molecular formula is C19H19N. The zero-order valence-corrected chi connectivity index (χ0v) is 11.7. The van der Waals surface area contributed by atoms with Gasteiger partial charge in [-0.05, 0) is 30.7 Å². The predicted octanol–water partition coefficient (Wildman–Crippen LogP) is 5.58. The minimum atomic E-state index is 0.988. The highest BCUT2D eigenvalue weighted by molar-refractivity contribution is 5.82. The van der Waals surface area contributed by atoms with Crippen LogP contribution in [-0.4, -0.2) is 0 Å². The fourth-order valence-electron chi connectivity index (χ4n) is 1.92. The third-order valence-electron chi connectivity index (χ3n) is 2.93. The predicted molar refractivity (Wildman–Crippen MR) is 89.2 cm³/mol. The van der Waals surface area contributed by atoms with Crippen molar-refractivity contribution in [1.82, 2.24) is 0 Å². The van der Waals surface area contributed by atoms with Gasteiger partial charge in [0.2, 0.25) is 0 Å². The van der Waals surface area contributed by atoms with Crippen LogP contribution in [0.15, 0.2) is 85.5 Å². The van der Waals surface area contributed by atoms with Crippen LogP contribution in [0, 0.1) is 0 Å². The van der Waals surface area contributed by atoms with Crippen molar-refractivity contribution in [3.05, 3.63) is 91.0 Å². The zero-order chi connectivity index (χ0) is 14.2. The van der Waals surface area contributed by atoms with E-state index in [1.807, 2.05) is 61.6 Å². The molecule has 0 saturated carbocycles. The molecule has 1 N–H and O–H groups in total. The second-order valence-corrected chi connectivity index (χ2v) is 4.45. The van der Waals surface area contributed by atoms with Crippen molar-refractivity contribution in [2.24, 2.45) is 0 Å². The summed E-state index contributed by atoms with van der Waals surface area (Å²) in [6.45, 7) is 6.14. The minimum absolute atomic E-state index is 0.988. The van der Waals surface area contributed by atoms with Gasteiger partial charge in [-0.15, -0.1) is 0 Å². The molecule has 0 saturated heterocycles. The Hall–Kier alpha value is -2.54. The van der Waals surface area contributed by atoms with E-state index in [4.69, 9.17) is 0 Å². The van der Waals surface area contributed by atoms with E-state index < -0.39 is 0 Å². The highest BCUT2D eigenvalue weighted by atomic mass is 14.9. The van der Waals surface area contributed by atoms with Gasteiger partial charge in [0, 0.05) is 16.9 Å². The standard InChI is InChI=1S/C19H19N/c1-3-4-6-11-16(2)18-14-9-10-15-19(18)20-17-12-7-5-8-13-17/h3-15,20H,2H2,1H3/b4-3-,11-6-. The molecule has 0 aliphatic carbocycles. The first-order chi connectivity index (χ1) is 9.81. The molecule has 0 spiro atoms. The van der Waals surface area contributed by atoms with Gasteiger partial charge in [0.1, 0.15) is 0 Å². The molecule has 0 bridgehead atoms. The molecule has 0 aliphatic heterocycles. The van der Waals surface area contributed by atoms with Gasteiger partial charge < -0.3 is 5.32 Å². The molecule has 0 atom stereocenters. The van der Waals surface area contributed by atoms with E-state index in [0.717, 1.165) is 22.5 Å². The fraction of sp³-hybridized carbons (Fsp3) is 0.0526. The molecule has 0 radical (unpaired) electrons. The van der Waals surface area contributed by atoms with Gasteiger partial charge in [-0.25, -0.2) is 0 Å². The molecular weight excluding hydrogens is 242 g/mol. The quantitative estimate of drug-likeness (QED) is 0.693. The molecule has 0 aromatic heterocycles. The van der Waals surface area contributed by atoms with Crippen LogP contribution in [0.5, 0.6) is 0 Å². The maximum absolute atomic E-state index is 4.14. The van der Waals surface area contributed by atoms with Gasteiger partial charge in [0.15, 0.2) is 0 Å². The van der Waals surface area contributed by atoms with Gasteiger partial charge >= 0.3 is 0 Å². The number of nitrogens with one attached hydrogen (secondary N) is 1. The zero-order valence-electron chi connectivity index (χ0n) is 11.7. The molecule has 2 aromatic carbocycles. The molecule has 0 fully saturated rings. The summed E-state index contributed by atoms with van der Waals surface area (Å²) in [6, 6.07) is 18.3. The van der Waals surface area contributed by atoms with Crippen LogP contribution < -0.4 is 5.32 Å². The number of anilines is 2. The summed E-state index contributed by atoms with van der Waals surface area (Å²) in [5.41, 5.74) is 4.23. The monoisotopic (exact) mass is 261 g/mol. The Bertz CT molecular complexity index is 621. The van der Waals surface area contributed by atoms with E-state index in [-0.39, 0.29) is 0 Å². The van der Waals surface area contributed by atoms with Crippen molar-refractivity contribution in [3.63, 3.8) is 0 Å². The fourth-order valence-corrected chi connectivity index (χ4v) is 1.92. The van der Waals surface area contributed by atoms with Crippen molar-refractivity contribution < 1.29 is 0 Å². The smallest absolute Gasteiger partial charge is 0.0463 e. The van der Waals surface area contributed by atoms with E-state index in [1.54, 1.807) is 0 Å². The SMILES string of the molecule is C=C(/C=C\C=C/C)c1ccccc1Nc1ccccc1. The molecule has 2 rings (SSSR count). The summed E-state index contributed by atoms with van der Waals surface area (Å²) in [5, 5.41) is 3.43. The first-order valence-electron chi connectivity index (χ1n) is 6.71. The summed E-state index contributed by atoms with van der Waals surface area (Å²) in [5.74, 6) is 0. The topological polar surface area (TPSA) is 12.0 Å². The summed E-state index contributed by atoms with van der Waals surface area (Å²) in [7, 11) is 0. The number of allylic oxidation sites excluding steroid dienone is 5. The molecule has 20 heavy (non-hydrogen) atoms. The van der Waals surface area contributed by atoms with Crippen LogP contribution in [-0.2, 0) is 0 Å². The van der Waals surface area contributed by atoms with Crippen LogP contribution in [0.25, 0.3) is 5.57 Å². The third kappa shape index (κ3) is 3.72. The minimum Gasteiger partial charge on any atom is -0.355 e. The number of hydrogen-bond acceptors (Lipinski definition) is 1. The van der Waals surface area contributed by atoms with Crippen LogP contribution in [0.2, 0.25) is 0 Å². The van der Waals surface area contributed by atoms with Crippen molar-refractivity contribution in [2.75, 3.05) is 5.32 Å². The van der Waals surface area contributed by atoms with Crippen molar-refractivity contribution >= 4 is 16.9 Å². The lowest BCUT2D eigenvalue weighted by Gasteiger charge is -2.12. The van der Waals surface area contributed by atoms with Crippen LogP contribution in [0.1, 0.15) is 12.5 Å². The Balaban J connectivity index is 2.24. The van der Waals surface area contributed by atoms with Gasteiger partial charge in [-0.3, -0.25) is 0 Å². The van der Waals surface area contributed by atoms with Crippen LogP contribution in [0.3, 0.4) is 0 Å². The molecule has 0 heterocycles. The van der Waals surface area contributed by atoms with E-state index in [9.17, 15) is 0 Å². The molecule has 1 heteroatoms. The average molecular weight is 261 g/mol. The maximum atomic E-state index is 4.14. The largest absolute Gasteiger partial charge is 0.355 e.